The van der Waals surface area contributed by atoms with Crippen LogP contribution in [0.15, 0.2) is 11.5 Å². The van der Waals surface area contributed by atoms with Gasteiger partial charge < -0.3 is 10.4 Å². The van der Waals surface area contributed by atoms with Gasteiger partial charge in [0.2, 0.25) is 0 Å². The Hall–Kier alpha value is -0.590. The number of aromatic amines is 1. The van der Waals surface area contributed by atoms with E-state index >= 15 is 0 Å². The van der Waals surface area contributed by atoms with Gasteiger partial charge in [0.1, 0.15) is 6.33 Å². The van der Waals surface area contributed by atoms with Crippen molar-refractivity contribution in [1.82, 2.24) is 20.5 Å². The van der Waals surface area contributed by atoms with Gasteiger partial charge in [0.05, 0.1) is 12.1 Å². The average molecular weight is 256 g/mol. The van der Waals surface area contributed by atoms with Crippen LogP contribution in [0.4, 0.5) is 0 Å². The molecule has 17 heavy (non-hydrogen) atoms. The van der Waals surface area contributed by atoms with Crippen molar-refractivity contribution in [3.63, 3.8) is 0 Å². The zero-order valence-electron chi connectivity index (χ0n) is 10.1. The first kappa shape index (κ1) is 12.9. The van der Waals surface area contributed by atoms with Crippen molar-refractivity contribution < 1.29 is 5.11 Å². The second kappa shape index (κ2) is 5.84. The molecule has 1 unspecified atom stereocenters. The topological polar surface area (TPSA) is 73.8 Å². The SMILES string of the molecule is CCCNC(CO)(CSc1ncn[nH]1)C1CC1. The number of rotatable bonds is 8. The van der Waals surface area contributed by atoms with Gasteiger partial charge in [-0.1, -0.05) is 18.7 Å². The maximum absolute atomic E-state index is 9.72. The summed E-state index contributed by atoms with van der Waals surface area (Å²) in [4.78, 5) is 4.10. The van der Waals surface area contributed by atoms with Crippen LogP contribution in [0.2, 0.25) is 0 Å². The standard InChI is InChI=1S/C11H20N4OS/c1-2-5-13-11(6-16,9-3-4-9)7-17-10-12-8-14-15-10/h8-9,13,16H,2-7H2,1H3,(H,12,14,15). The summed E-state index contributed by atoms with van der Waals surface area (Å²) in [5.41, 5.74) is -0.145. The summed E-state index contributed by atoms with van der Waals surface area (Å²) in [5.74, 6) is 1.44. The highest BCUT2D eigenvalue weighted by Gasteiger charge is 2.44. The fourth-order valence-electron chi connectivity index (χ4n) is 2.01. The normalized spacial score (nSPS) is 19.2. The van der Waals surface area contributed by atoms with Crippen LogP contribution < -0.4 is 5.32 Å². The number of aliphatic hydroxyl groups is 1. The Bertz CT molecular complexity index is 328. The summed E-state index contributed by atoms with van der Waals surface area (Å²) < 4.78 is 0. The molecule has 1 saturated carbocycles. The average Bonchev–Trinajstić information content (AvgIpc) is 3.08. The van der Waals surface area contributed by atoms with E-state index in [1.807, 2.05) is 0 Å². The highest BCUT2D eigenvalue weighted by Crippen LogP contribution is 2.41. The van der Waals surface area contributed by atoms with Crippen LogP contribution in [0.5, 0.6) is 0 Å². The molecule has 2 rings (SSSR count). The molecule has 0 aliphatic heterocycles. The smallest absolute Gasteiger partial charge is 0.183 e. The highest BCUT2D eigenvalue weighted by molar-refractivity contribution is 7.99. The number of thioether (sulfide) groups is 1. The molecule has 6 heteroatoms. The van der Waals surface area contributed by atoms with Crippen molar-refractivity contribution >= 4 is 11.8 Å². The third-order valence-corrected chi connectivity index (χ3v) is 4.36. The Labute approximate surface area is 106 Å². The zero-order chi connectivity index (χ0) is 12.1. The summed E-state index contributed by atoms with van der Waals surface area (Å²) in [7, 11) is 0. The molecule has 1 aromatic heterocycles. The van der Waals surface area contributed by atoms with Gasteiger partial charge in [-0.3, -0.25) is 5.10 Å². The van der Waals surface area contributed by atoms with E-state index in [1.54, 1.807) is 11.8 Å². The van der Waals surface area contributed by atoms with Crippen molar-refractivity contribution in [2.75, 3.05) is 18.9 Å². The molecule has 0 aromatic carbocycles. The predicted molar refractivity (Wildman–Crippen MR) is 67.9 cm³/mol. The van der Waals surface area contributed by atoms with Gasteiger partial charge in [0.25, 0.3) is 0 Å². The first-order valence-corrected chi connectivity index (χ1v) is 7.13. The number of aromatic nitrogens is 3. The Morgan fingerprint density at radius 3 is 3.00 bits per heavy atom. The maximum atomic E-state index is 9.72. The van der Waals surface area contributed by atoms with Crippen molar-refractivity contribution in [2.24, 2.45) is 5.92 Å². The minimum Gasteiger partial charge on any atom is -0.394 e. The third-order valence-electron chi connectivity index (χ3n) is 3.23. The lowest BCUT2D eigenvalue weighted by molar-refractivity contribution is 0.159. The number of nitrogens with zero attached hydrogens (tertiary/aromatic N) is 2. The molecule has 1 heterocycles. The van der Waals surface area contributed by atoms with Gasteiger partial charge in [-0.25, -0.2) is 4.98 Å². The van der Waals surface area contributed by atoms with E-state index in [9.17, 15) is 5.11 Å². The lowest BCUT2D eigenvalue weighted by Gasteiger charge is -2.33. The van der Waals surface area contributed by atoms with Crippen LogP contribution in [0, 0.1) is 5.92 Å². The maximum Gasteiger partial charge on any atom is 0.183 e. The minimum absolute atomic E-state index is 0.145. The number of hydrogen-bond donors (Lipinski definition) is 3. The fraction of sp³-hybridized carbons (Fsp3) is 0.818. The van der Waals surface area contributed by atoms with E-state index < -0.39 is 0 Å². The molecule has 0 saturated heterocycles. The molecule has 1 aliphatic carbocycles. The van der Waals surface area contributed by atoms with Crippen molar-refractivity contribution in [1.29, 1.82) is 0 Å². The summed E-state index contributed by atoms with van der Waals surface area (Å²) in [6.45, 7) is 3.29. The minimum atomic E-state index is -0.145. The first-order valence-electron chi connectivity index (χ1n) is 6.15. The van der Waals surface area contributed by atoms with E-state index in [2.05, 4.69) is 27.4 Å². The van der Waals surface area contributed by atoms with Crippen LogP contribution in [0.25, 0.3) is 0 Å². The molecule has 1 aromatic rings. The Morgan fingerprint density at radius 2 is 2.47 bits per heavy atom. The lowest BCUT2D eigenvalue weighted by atomic mass is 9.96. The molecule has 0 spiro atoms. The number of H-pyrrole nitrogens is 1. The molecule has 1 atom stereocenters. The van der Waals surface area contributed by atoms with Crippen molar-refractivity contribution in [3.05, 3.63) is 6.33 Å². The van der Waals surface area contributed by atoms with Gasteiger partial charge in [-0.2, -0.15) is 5.10 Å². The quantitative estimate of drug-likeness (QED) is 0.606. The van der Waals surface area contributed by atoms with E-state index in [-0.39, 0.29) is 12.1 Å². The molecule has 0 radical (unpaired) electrons. The van der Waals surface area contributed by atoms with Crippen LogP contribution in [-0.4, -0.2) is 44.7 Å². The Kier molecular flexibility index (Phi) is 4.42. The van der Waals surface area contributed by atoms with Gasteiger partial charge in [0, 0.05) is 5.75 Å². The lowest BCUT2D eigenvalue weighted by Crippen LogP contribution is -2.53. The zero-order valence-corrected chi connectivity index (χ0v) is 11.0. The molecular weight excluding hydrogens is 236 g/mol. The van der Waals surface area contributed by atoms with Gasteiger partial charge in [-0.15, -0.1) is 0 Å². The highest BCUT2D eigenvalue weighted by atomic mass is 32.2. The molecule has 5 nitrogen and oxygen atoms in total. The van der Waals surface area contributed by atoms with Gasteiger partial charge in [-0.05, 0) is 31.7 Å². The molecule has 96 valence electrons. The van der Waals surface area contributed by atoms with E-state index in [4.69, 9.17) is 0 Å². The molecule has 0 amide bonds. The van der Waals surface area contributed by atoms with E-state index in [0.717, 1.165) is 23.9 Å². The van der Waals surface area contributed by atoms with Gasteiger partial charge >= 0.3 is 0 Å². The summed E-state index contributed by atoms with van der Waals surface area (Å²) in [5, 5.41) is 20.7. The largest absolute Gasteiger partial charge is 0.394 e. The Morgan fingerprint density at radius 1 is 1.65 bits per heavy atom. The van der Waals surface area contributed by atoms with Gasteiger partial charge in [0.15, 0.2) is 5.16 Å². The molecule has 0 bridgehead atoms. The van der Waals surface area contributed by atoms with Crippen LogP contribution in [0.1, 0.15) is 26.2 Å². The number of nitrogens with one attached hydrogen (secondary N) is 2. The Balaban J connectivity index is 1.94. The molecule has 1 fully saturated rings. The van der Waals surface area contributed by atoms with Crippen molar-refractivity contribution in [2.45, 2.75) is 36.9 Å². The fourth-order valence-corrected chi connectivity index (χ4v) is 3.08. The monoisotopic (exact) mass is 256 g/mol. The summed E-state index contributed by atoms with van der Waals surface area (Å²) >= 11 is 1.63. The number of hydrogen-bond acceptors (Lipinski definition) is 5. The van der Waals surface area contributed by atoms with Crippen molar-refractivity contribution in [3.8, 4) is 0 Å². The third kappa shape index (κ3) is 3.20. The summed E-state index contributed by atoms with van der Waals surface area (Å²) in [6.07, 6.45) is 5.03. The summed E-state index contributed by atoms with van der Waals surface area (Å²) in [6, 6.07) is 0. The molecule has 1 aliphatic rings. The van der Waals surface area contributed by atoms with E-state index in [0.29, 0.717) is 5.92 Å². The van der Waals surface area contributed by atoms with E-state index in [1.165, 1.54) is 19.2 Å². The van der Waals surface area contributed by atoms with Crippen LogP contribution >= 0.6 is 11.8 Å². The predicted octanol–water partition coefficient (Wildman–Crippen LogP) is 1.04. The second-order valence-corrected chi connectivity index (χ2v) is 5.56. The van der Waals surface area contributed by atoms with Crippen LogP contribution in [0.3, 0.4) is 0 Å². The van der Waals surface area contributed by atoms with Crippen LogP contribution in [-0.2, 0) is 0 Å². The number of aliphatic hydroxyl groups excluding tert-OH is 1. The second-order valence-electron chi connectivity index (χ2n) is 4.59. The molecule has 3 N–H and O–H groups in total. The first-order chi connectivity index (χ1) is 8.30. The molecular formula is C11H20N4OS.